The molecule has 2 rings (SSSR count). The highest BCUT2D eigenvalue weighted by atomic mass is 32.2. The van der Waals surface area contributed by atoms with Crippen LogP contribution in [-0.4, -0.2) is 75.7 Å². The molecule has 2 fully saturated rings. The van der Waals surface area contributed by atoms with Gasteiger partial charge in [0.05, 0.1) is 19.4 Å². The maximum atomic E-state index is 12.1. The molecule has 0 unspecified atom stereocenters. The third-order valence-electron chi connectivity index (χ3n) is 4.21. The fourth-order valence-corrected chi connectivity index (χ4v) is 3.88. The molecule has 0 N–H and O–H groups in total. The summed E-state index contributed by atoms with van der Waals surface area (Å²) in [5.74, 6) is -2.32. The minimum atomic E-state index is -3.87. The summed E-state index contributed by atoms with van der Waals surface area (Å²) >= 11 is 0. The lowest BCUT2D eigenvalue weighted by molar-refractivity contribution is -0.204. The van der Waals surface area contributed by atoms with E-state index >= 15 is 0 Å². The molecule has 2 heterocycles. The second-order valence-electron chi connectivity index (χ2n) is 5.65. The zero-order chi connectivity index (χ0) is 17.5. The molecular weight excluding hydrogens is 330 g/mol. The number of hydrogen-bond donors (Lipinski definition) is 0. The second-order valence-corrected chi connectivity index (χ2v) is 7.25. The quantitative estimate of drug-likeness (QED) is 0.342. The maximum Gasteiger partial charge on any atom is 0.328 e. The summed E-state index contributed by atoms with van der Waals surface area (Å²) in [4.78, 5) is 37.2. The van der Waals surface area contributed by atoms with Gasteiger partial charge in [0.2, 0.25) is 0 Å². The Morgan fingerprint density at radius 1 is 1.26 bits per heavy atom. The van der Waals surface area contributed by atoms with Gasteiger partial charge in [-0.1, -0.05) is 0 Å². The summed E-state index contributed by atoms with van der Waals surface area (Å²) in [6, 6.07) is -1.80. The van der Waals surface area contributed by atoms with Crippen LogP contribution in [0.1, 0.15) is 13.3 Å². The van der Waals surface area contributed by atoms with Crippen molar-refractivity contribution < 1.29 is 36.5 Å². The maximum absolute atomic E-state index is 12.1. The number of amides is 1. The van der Waals surface area contributed by atoms with E-state index in [1.54, 1.807) is 0 Å². The average molecular weight is 349 g/mol. The van der Waals surface area contributed by atoms with Crippen molar-refractivity contribution in [3.63, 3.8) is 0 Å². The van der Waals surface area contributed by atoms with Gasteiger partial charge in [-0.3, -0.25) is 13.8 Å². The van der Waals surface area contributed by atoms with Gasteiger partial charge in [-0.2, -0.15) is 8.42 Å². The normalized spacial score (nSPS) is 33.7. The molecule has 0 aliphatic carbocycles. The van der Waals surface area contributed by atoms with Crippen molar-refractivity contribution in [1.29, 1.82) is 0 Å². The van der Waals surface area contributed by atoms with E-state index in [2.05, 4.69) is 4.74 Å². The predicted molar refractivity (Wildman–Crippen MR) is 75.7 cm³/mol. The SMILES string of the molecule is COC(=O)[C@H]1C[C@@H](C(C)=O)[C@H](OS(C)(=O)=O)[C@H]2[C@@H](OC)C(=O)N21. The van der Waals surface area contributed by atoms with Crippen molar-refractivity contribution >= 4 is 27.8 Å². The van der Waals surface area contributed by atoms with E-state index in [-0.39, 0.29) is 12.2 Å². The van der Waals surface area contributed by atoms with E-state index in [0.29, 0.717) is 0 Å². The molecule has 0 saturated carbocycles. The van der Waals surface area contributed by atoms with Gasteiger partial charge in [0.25, 0.3) is 16.0 Å². The van der Waals surface area contributed by atoms with Crippen LogP contribution in [0.2, 0.25) is 0 Å². The molecule has 0 spiro atoms. The molecular formula is C13H19NO8S. The molecule has 130 valence electrons. The molecule has 10 heteroatoms. The Kier molecular flexibility index (Phi) is 4.79. The van der Waals surface area contributed by atoms with Crippen LogP contribution in [0.4, 0.5) is 0 Å². The monoisotopic (exact) mass is 349 g/mol. The van der Waals surface area contributed by atoms with Gasteiger partial charge in [-0.25, -0.2) is 4.79 Å². The zero-order valence-corrected chi connectivity index (χ0v) is 14.0. The fraction of sp³-hybridized carbons (Fsp3) is 0.769. The van der Waals surface area contributed by atoms with Crippen LogP contribution >= 0.6 is 0 Å². The highest BCUT2D eigenvalue weighted by molar-refractivity contribution is 7.86. The number of fused-ring (bicyclic) bond motifs is 1. The van der Waals surface area contributed by atoms with Crippen LogP contribution in [0, 0.1) is 5.92 Å². The van der Waals surface area contributed by atoms with E-state index in [9.17, 15) is 22.8 Å². The Balaban J connectivity index is 2.43. The Labute approximate surface area is 134 Å². The van der Waals surface area contributed by atoms with Gasteiger partial charge in [-0.15, -0.1) is 0 Å². The van der Waals surface area contributed by atoms with Crippen molar-refractivity contribution in [3.8, 4) is 0 Å². The lowest BCUT2D eigenvalue weighted by atomic mass is 9.74. The number of piperidine rings is 1. The first-order chi connectivity index (χ1) is 10.6. The van der Waals surface area contributed by atoms with E-state index in [0.717, 1.165) is 6.26 Å². The fourth-order valence-electron chi connectivity index (χ4n) is 3.23. The molecule has 0 aromatic carbocycles. The molecule has 5 atom stereocenters. The summed E-state index contributed by atoms with van der Waals surface area (Å²) in [6.07, 6.45) is -1.24. The second kappa shape index (κ2) is 6.17. The van der Waals surface area contributed by atoms with E-state index in [1.165, 1.54) is 26.0 Å². The topological polar surface area (TPSA) is 116 Å². The van der Waals surface area contributed by atoms with Crippen molar-refractivity contribution in [3.05, 3.63) is 0 Å². The molecule has 0 aromatic rings. The number of esters is 1. The Hall–Kier alpha value is -1.52. The number of methoxy groups -OCH3 is 2. The summed E-state index contributed by atoms with van der Waals surface area (Å²) in [6.45, 7) is 1.29. The van der Waals surface area contributed by atoms with E-state index in [4.69, 9.17) is 8.92 Å². The highest BCUT2D eigenvalue weighted by Crippen LogP contribution is 2.41. The minimum Gasteiger partial charge on any atom is -0.467 e. The average Bonchev–Trinajstić information content (AvgIpc) is 2.44. The largest absolute Gasteiger partial charge is 0.467 e. The molecule has 1 amide bonds. The number of Topliss-reactive ketones (excluding diaryl/α,β-unsaturated/α-hetero) is 1. The standard InChI is InChI=1S/C13H19NO8S/c1-6(15)7-5-8(13(17)21-3)14-9(11(20-2)12(14)16)10(7)22-23(4,18)19/h7-11H,5H2,1-4H3/t7-,8+,9-,10-,11+/m0/s1. The molecule has 2 aliphatic rings. The number of nitrogens with zero attached hydrogens (tertiary/aromatic N) is 1. The first kappa shape index (κ1) is 17.8. The predicted octanol–water partition coefficient (Wildman–Crippen LogP) is -1.29. The van der Waals surface area contributed by atoms with Crippen LogP contribution in [0.3, 0.4) is 0 Å². The Bertz CT molecular complexity index is 630. The molecule has 9 nitrogen and oxygen atoms in total. The van der Waals surface area contributed by atoms with Crippen molar-refractivity contribution in [2.24, 2.45) is 5.92 Å². The number of ether oxygens (including phenoxy) is 2. The third-order valence-corrected chi connectivity index (χ3v) is 4.78. The number of carbonyl (C=O) groups is 3. The highest BCUT2D eigenvalue weighted by Gasteiger charge is 2.62. The van der Waals surface area contributed by atoms with Gasteiger partial charge in [0.15, 0.2) is 6.10 Å². The first-order valence-corrected chi connectivity index (χ1v) is 8.75. The van der Waals surface area contributed by atoms with Crippen molar-refractivity contribution in [2.75, 3.05) is 20.5 Å². The minimum absolute atomic E-state index is 0.0547. The smallest absolute Gasteiger partial charge is 0.328 e. The number of carbonyl (C=O) groups excluding carboxylic acids is 3. The number of rotatable bonds is 5. The summed E-state index contributed by atoms with van der Waals surface area (Å²) in [5, 5.41) is 0. The first-order valence-electron chi connectivity index (χ1n) is 6.94. The number of ketones is 1. The lowest BCUT2D eigenvalue weighted by Crippen LogP contribution is -2.77. The van der Waals surface area contributed by atoms with Crippen molar-refractivity contribution in [2.45, 2.75) is 37.6 Å². The lowest BCUT2D eigenvalue weighted by Gasteiger charge is -2.56. The van der Waals surface area contributed by atoms with Gasteiger partial charge in [0, 0.05) is 13.0 Å². The summed E-state index contributed by atoms with van der Waals surface area (Å²) in [7, 11) is -1.40. The Morgan fingerprint density at radius 2 is 1.87 bits per heavy atom. The summed E-state index contributed by atoms with van der Waals surface area (Å²) < 4.78 is 37.9. The molecule has 2 aliphatic heterocycles. The number of hydrogen-bond acceptors (Lipinski definition) is 8. The zero-order valence-electron chi connectivity index (χ0n) is 13.2. The van der Waals surface area contributed by atoms with Crippen LogP contribution in [-0.2, 0) is 38.2 Å². The van der Waals surface area contributed by atoms with Crippen LogP contribution in [0.25, 0.3) is 0 Å². The third kappa shape index (κ3) is 3.10. The van der Waals surface area contributed by atoms with Gasteiger partial charge >= 0.3 is 5.97 Å². The Morgan fingerprint density at radius 3 is 2.30 bits per heavy atom. The molecule has 23 heavy (non-hydrogen) atoms. The van der Waals surface area contributed by atoms with E-state index < -0.39 is 52.2 Å². The molecule has 0 aromatic heterocycles. The molecule has 2 saturated heterocycles. The van der Waals surface area contributed by atoms with Gasteiger partial charge in [0.1, 0.15) is 17.9 Å². The molecule has 0 bridgehead atoms. The number of β-lactam (4-membered cyclic amide) rings is 1. The van der Waals surface area contributed by atoms with Crippen molar-refractivity contribution in [1.82, 2.24) is 4.90 Å². The summed E-state index contributed by atoms with van der Waals surface area (Å²) in [5.41, 5.74) is 0. The van der Waals surface area contributed by atoms with Gasteiger partial charge in [-0.05, 0) is 13.3 Å². The van der Waals surface area contributed by atoms with E-state index in [1.807, 2.05) is 0 Å². The van der Waals surface area contributed by atoms with Crippen LogP contribution in [0.5, 0.6) is 0 Å². The van der Waals surface area contributed by atoms with Crippen LogP contribution < -0.4 is 0 Å². The van der Waals surface area contributed by atoms with Crippen LogP contribution in [0.15, 0.2) is 0 Å². The molecule has 0 radical (unpaired) electrons. The van der Waals surface area contributed by atoms with Gasteiger partial charge < -0.3 is 14.4 Å².